The molecule has 0 aliphatic rings. The van der Waals surface area contributed by atoms with Gasteiger partial charge in [-0.1, -0.05) is 23.4 Å². The Hall–Kier alpha value is -1.73. The molecule has 0 spiro atoms. The van der Waals surface area contributed by atoms with E-state index in [0.29, 0.717) is 17.9 Å². The normalized spacial score (nSPS) is 11.6. The van der Waals surface area contributed by atoms with Crippen molar-refractivity contribution in [1.82, 2.24) is 14.9 Å². The molecule has 0 radical (unpaired) electrons. The Morgan fingerprint density at radius 2 is 2.11 bits per heavy atom. The number of hydrogen-bond donors (Lipinski definition) is 1. The molecule has 6 nitrogen and oxygen atoms in total. The van der Waals surface area contributed by atoms with Crippen LogP contribution in [-0.2, 0) is 16.4 Å². The number of sulfonamides is 1. The van der Waals surface area contributed by atoms with Gasteiger partial charge in [0, 0.05) is 13.0 Å². The van der Waals surface area contributed by atoms with Crippen LogP contribution >= 0.6 is 0 Å². The van der Waals surface area contributed by atoms with Gasteiger partial charge in [0.25, 0.3) is 0 Å². The summed E-state index contributed by atoms with van der Waals surface area (Å²) in [7, 11) is -3.48. The minimum absolute atomic E-state index is 0.221. The zero-order chi connectivity index (χ0) is 13.0. The highest BCUT2D eigenvalue weighted by Crippen LogP contribution is 2.13. The van der Waals surface area contributed by atoms with Crippen LogP contribution in [0.3, 0.4) is 0 Å². The highest BCUT2D eigenvalue weighted by Gasteiger charge is 2.15. The maximum absolute atomic E-state index is 12.0. The van der Waals surface area contributed by atoms with Crippen molar-refractivity contribution in [1.29, 1.82) is 0 Å². The van der Waals surface area contributed by atoms with E-state index in [-0.39, 0.29) is 11.4 Å². The summed E-state index contributed by atoms with van der Waals surface area (Å²) in [6.07, 6.45) is 1.65. The van der Waals surface area contributed by atoms with Gasteiger partial charge in [-0.05, 0) is 18.6 Å². The summed E-state index contributed by atoms with van der Waals surface area (Å²) in [5.74, 6) is 0.405. The molecular weight excluding hydrogens is 254 g/mol. The average Bonchev–Trinajstić information content (AvgIpc) is 2.82. The molecule has 7 heteroatoms. The van der Waals surface area contributed by atoms with E-state index in [1.165, 1.54) is 6.33 Å². The van der Waals surface area contributed by atoms with Gasteiger partial charge in [-0.3, -0.25) is 0 Å². The molecule has 1 N–H and O–H groups in total. The molecule has 1 aromatic heterocycles. The van der Waals surface area contributed by atoms with E-state index >= 15 is 0 Å². The summed E-state index contributed by atoms with van der Waals surface area (Å²) in [5.41, 5.74) is 0.711. The second-order valence-electron chi connectivity index (χ2n) is 3.75. The molecule has 18 heavy (non-hydrogen) atoms. The fourth-order valence-electron chi connectivity index (χ4n) is 1.53. The van der Waals surface area contributed by atoms with E-state index in [0.717, 1.165) is 0 Å². The molecule has 96 valence electrons. The first-order valence-corrected chi connectivity index (χ1v) is 6.89. The Labute approximate surface area is 105 Å². The number of aryl methyl sites for hydroxylation is 1. The fraction of sp³-hybridized carbons (Fsp3) is 0.273. The van der Waals surface area contributed by atoms with E-state index < -0.39 is 10.0 Å². The predicted molar refractivity (Wildman–Crippen MR) is 64.4 cm³/mol. The first kappa shape index (κ1) is 12.7. The minimum Gasteiger partial charge on any atom is -0.340 e. The van der Waals surface area contributed by atoms with Crippen molar-refractivity contribution in [3.05, 3.63) is 42.0 Å². The second-order valence-corrected chi connectivity index (χ2v) is 5.48. The second kappa shape index (κ2) is 5.28. The maximum Gasteiger partial charge on any atom is 0.240 e. The van der Waals surface area contributed by atoms with Crippen LogP contribution in [0.1, 0.15) is 11.5 Å². The zero-order valence-corrected chi connectivity index (χ0v) is 10.6. The molecule has 2 rings (SSSR count). The number of hydrogen-bond acceptors (Lipinski definition) is 5. The van der Waals surface area contributed by atoms with Crippen LogP contribution in [0, 0.1) is 6.92 Å². The van der Waals surface area contributed by atoms with Crippen molar-refractivity contribution >= 4 is 10.0 Å². The predicted octanol–water partition coefficient (Wildman–Crippen LogP) is 0.899. The Morgan fingerprint density at radius 1 is 1.33 bits per heavy atom. The van der Waals surface area contributed by atoms with Crippen LogP contribution in [-0.4, -0.2) is 25.1 Å². The van der Waals surface area contributed by atoms with Crippen LogP contribution in [0.5, 0.6) is 0 Å². The third-order valence-corrected chi connectivity index (χ3v) is 4.04. The van der Waals surface area contributed by atoms with Gasteiger partial charge in [0.2, 0.25) is 15.9 Å². The van der Waals surface area contributed by atoms with Crippen molar-refractivity contribution in [3.8, 4) is 0 Å². The van der Waals surface area contributed by atoms with E-state index in [4.69, 9.17) is 4.52 Å². The smallest absolute Gasteiger partial charge is 0.240 e. The zero-order valence-electron chi connectivity index (χ0n) is 9.83. The molecule has 0 saturated heterocycles. The molecule has 0 aliphatic carbocycles. The summed E-state index contributed by atoms with van der Waals surface area (Å²) < 4.78 is 31.3. The topological polar surface area (TPSA) is 85.1 Å². The Balaban J connectivity index is 2.02. The molecule has 0 fully saturated rings. The van der Waals surface area contributed by atoms with Gasteiger partial charge in [-0.25, -0.2) is 13.1 Å². The fourth-order valence-corrected chi connectivity index (χ4v) is 2.81. The van der Waals surface area contributed by atoms with Crippen LogP contribution in [0.25, 0.3) is 0 Å². The molecule has 0 atom stereocenters. The summed E-state index contributed by atoms with van der Waals surface area (Å²) >= 11 is 0. The standard InChI is InChI=1S/C11H13N3O3S/c1-9-4-2-3-5-10(9)18(15,16)14-7-6-11-12-8-13-17-11/h2-5,8,14H,6-7H2,1H3. The lowest BCUT2D eigenvalue weighted by Gasteiger charge is -2.07. The highest BCUT2D eigenvalue weighted by atomic mass is 32.2. The van der Waals surface area contributed by atoms with Crippen molar-refractivity contribution in [2.24, 2.45) is 0 Å². The summed E-state index contributed by atoms with van der Waals surface area (Å²) in [4.78, 5) is 4.10. The average molecular weight is 267 g/mol. The Kier molecular flexibility index (Phi) is 3.73. The Morgan fingerprint density at radius 3 is 2.78 bits per heavy atom. The van der Waals surface area contributed by atoms with Crippen LogP contribution < -0.4 is 4.72 Å². The number of aromatic nitrogens is 2. The molecular formula is C11H13N3O3S. The van der Waals surface area contributed by atoms with Gasteiger partial charge in [0.05, 0.1) is 4.90 Å². The van der Waals surface area contributed by atoms with Crippen LogP contribution in [0.4, 0.5) is 0 Å². The molecule has 1 heterocycles. The van der Waals surface area contributed by atoms with Crippen LogP contribution in [0.2, 0.25) is 0 Å². The van der Waals surface area contributed by atoms with Gasteiger partial charge < -0.3 is 4.52 Å². The lowest BCUT2D eigenvalue weighted by molar-refractivity contribution is 0.377. The largest absolute Gasteiger partial charge is 0.340 e. The molecule has 0 aliphatic heterocycles. The van der Waals surface area contributed by atoms with Gasteiger partial charge in [0.15, 0.2) is 6.33 Å². The number of nitrogens with one attached hydrogen (secondary N) is 1. The molecule has 1 aromatic carbocycles. The first-order valence-electron chi connectivity index (χ1n) is 5.40. The van der Waals surface area contributed by atoms with E-state index in [1.54, 1.807) is 31.2 Å². The summed E-state index contributed by atoms with van der Waals surface area (Å²) in [6, 6.07) is 6.82. The lowest BCUT2D eigenvalue weighted by Crippen LogP contribution is -2.26. The first-order chi connectivity index (χ1) is 8.59. The SMILES string of the molecule is Cc1ccccc1S(=O)(=O)NCCc1ncno1. The van der Waals surface area contributed by atoms with Gasteiger partial charge in [0.1, 0.15) is 0 Å². The van der Waals surface area contributed by atoms with E-state index in [1.807, 2.05) is 0 Å². The third kappa shape index (κ3) is 2.93. The molecule has 2 aromatic rings. The highest BCUT2D eigenvalue weighted by molar-refractivity contribution is 7.89. The van der Waals surface area contributed by atoms with Gasteiger partial charge >= 0.3 is 0 Å². The minimum atomic E-state index is -3.48. The summed E-state index contributed by atoms with van der Waals surface area (Å²) in [5, 5.41) is 3.45. The van der Waals surface area contributed by atoms with Gasteiger partial charge in [-0.15, -0.1) is 0 Å². The number of benzene rings is 1. The van der Waals surface area contributed by atoms with Crippen LogP contribution in [0.15, 0.2) is 40.0 Å². The quantitative estimate of drug-likeness (QED) is 0.870. The van der Waals surface area contributed by atoms with Crippen molar-refractivity contribution in [2.75, 3.05) is 6.54 Å². The molecule has 0 unspecified atom stereocenters. The van der Waals surface area contributed by atoms with E-state index in [2.05, 4.69) is 14.9 Å². The molecule has 0 amide bonds. The molecule has 0 bridgehead atoms. The number of nitrogens with zero attached hydrogens (tertiary/aromatic N) is 2. The third-order valence-electron chi connectivity index (χ3n) is 2.42. The van der Waals surface area contributed by atoms with E-state index in [9.17, 15) is 8.42 Å². The lowest BCUT2D eigenvalue weighted by atomic mass is 10.2. The summed E-state index contributed by atoms with van der Waals surface area (Å²) in [6.45, 7) is 1.98. The number of rotatable bonds is 5. The Bertz CT molecular complexity index is 608. The molecule has 0 saturated carbocycles. The van der Waals surface area contributed by atoms with Gasteiger partial charge in [-0.2, -0.15) is 4.98 Å². The monoisotopic (exact) mass is 267 g/mol. The maximum atomic E-state index is 12.0. The van der Waals surface area contributed by atoms with Crippen molar-refractivity contribution in [3.63, 3.8) is 0 Å². The van der Waals surface area contributed by atoms with Crippen molar-refractivity contribution < 1.29 is 12.9 Å². The van der Waals surface area contributed by atoms with Crippen molar-refractivity contribution in [2.45, 2.75) is 18.2 Å².